The number of rotatable bonds is 4. The summed E-state index contributed by atoms with van der Waals surface area (Å²) in [4.78, 5) is 8.41. The van der Waals surface area contributed by atoms with Gasteiger partial charge in [0.15, 0.2) is 0 Å². The van der Waals surface area contributed by atoms with Gasteiger partial charge in [0.1, 0.15) is 4.60 Å². The first-order chi connectivity index (χ1) is 8.97. The highest BCUT2D eigenvalue weighted by Crippen LogP contribution is 2.23. The van der Waals surface area contributed by atoms with Crippen molar-refractivity contribution in [3.05, 3.63) is 22.7 Å². The average molecular weight is 348 g/mol. The highest BCUT2D eigenvalue weighted by atomic mass is 79.9. The minimum absolute atomic E-state index is 0.106. The van der Waals surface area contributed by atoms with Gasteiger partial charge in [-0.15, -0.1) is 0 Å². The third kappa shape index (κ3) is 4.22. The molecule has 19 heavy (non-hydrogen) atoms. The van der Waals surface area contributed by atoms with Gasteiger partial charge in [0.05, 0.1) is 18.1 Å². The predicted octanol–water partition coefficient (Wildman–Crippen LogP) is 1.99. The summed E-state index contributed by atoms with van der Waals surface area (Å²) >= 11 is 3.25. The molecule has 5 nitrogen and oxygen atoms in total. The topological polar surface area (TPSA) is 63.2 Å². The number of piperidine rings is 1. The number of hydrogen-bond acceptors (Lipinski definition) is 4. The molecule has 1 atom stereocenters. The van der Waals surface area contributed by atoms with Crippen LogP contribution in [0.5, 0.6) is 0 Å². The van der Waals surface area contributed by atoms with Gasteiger partial charge in [0.2, 0.25) is 10.0 Å². The smallest absolute Gasteiger partial charge is 0.211 e. The average Bonchev–Trinajstić information content (AvgIpc) is 2.37. The van der Waals surface area contributed by atoms with Crippen LogP contribution in [-0.4, -0.2) is 41.5 Å². The maximum Gasteiger partial charge on any atom is 0.211 e. The van der Waals surface area contributed by atoms with E-state index in [-0.39, 0.29) is 6.04 Å². The Bertz CT molecular complexity index is 518. The zero-order chi connectivity index (χ0) is 13.9. The third-order valence-electron chi connectivity index (χ3n) is 3.41. The van der Waals surface area contributed by atoms with Crippen LogP contribution in [0.2, 0.25) is 0 Å². The van der Waals surface area contributed by atoms with E-state index in [1.165, 1.54) is 6.26 Å². The lowest BCUT2D eigenvalue weighted by Crippen LogP contribution is -2.43. The molecule has 0 aliphatic carbocycles. The predicted molar refractivity (Wildman–Crippen MR) is 77.2 cm³/mol. The van der Waals surface area contributed by atoms with Crippen molar-refractivity contribution < 1.29 is 8.42 Å². The third-order valence-corrected chi connectivity index (χ3v) is 5.15. The molecular weight excluding hydrogens is 330 g/mol. The molecule has 0 amide bonds. The second-order valence-corrected chi connectivity index (χ2v) is 7.64. The molecule has 0 radical (unpaired) electrons. The van der Waals surface area contributed by atoms with Crippen LogP contribution in [0.15, 0.2) is 17.0 Å². The SMILES string of the molecule is CS(=O)(=O)N1CCCCC1CCc1cnc(Br)cn1. The summed E-state index contributed by atoms with van der Waals surface area (Å²) in [6.45, 7) is 0.648. The molecule has 7 heteroatoms. The molecule has 1 aliphatic rings. The number of halogens is 1. The first kappa shape index (κ1) is 14.9. The number of sulfonamides is 1. The number of nitrogens with zero attached hydrogens (tertiary/aromatic N) is 3. The van der Waals surface area contributed by atoms with Crippen LogP contribution in [0.3, 0.4) is 0 Å². The summed E-state index contributed by atoms with van der Waals surface area (Å²) in [5.74, 6) is 0. The molecule has 1 fully saturated rings. The quantitative estimate of drug-likeness (QED) is 0.835. The van der Waals surface area contributed by atoms with Crippen molar-refractivity contribution in [3.63, 3.8) is 0 Å². The van der Waals surface area contributed by atoms with Crippen molar-refractivity contribution in [3.8, 4) is 0 Å². The summed E-state index contributed by atoms with van der Waals surface area (Å²) in [6, 6.07) is 0.106. The lowest BCUT2D eigenvalue weighted by molar-refractivity contribution is 0.242. The highest BCUT2D eigenvalue weighted by molar-refractivity contribution is 9.10. The number of aryl methyl sites for hydroxylation is 1. The minimum atomic E-state index is -3.10. The second kappa shape index (κ2) is 6.28. The van der Waals surface area contributed by atoms with Crippen LogP contribution in [0.25, 0.3) is 0 Å². The Morgan fingerprint density at radius 2 is 2.16 bits per heavy atom. The van der Waals surface area contributed by atoms with Crippen LogP contribution < -0.4 is 0 Å². The van der Waals surface area contributed by atoms with Gasteiger partial charge in [-0.25, -0.2) is 13.4 Å². The van der Waals surface area contributed by atoms with Crippen molar-refractivity contribution in [2.45, 2.75) is 38.1 Å². The maximum absolute atomic E-state index is 11.7. The van der Waals surface area contributed by atoms with E-state index in [1.54, 1.807) is 16.7 Å². The van der Waals surface area contributed by atoms with E-state index < -0.39 is 10.0 Å². The lowest BCUT2D eigenvalue weighted by Gasteiger charge is -2.33. The van der Waals surface area contributed by atoms with Gasteiger partial charge in [-0.05, 0) is 41.6 Å². The molecular formula is C12H18BrN3O2S. The molecule has 0 spiro atoms. The molecule has 2 rings (SSSR count). The number of hydrogen-bond donors (Lipinski definition) is 0. The Morgan fingerprint density at radius 3 is 2.79 bits per heavy atom. The zero-order valence-corrected chi connectivity index (χ0v) is 13.3. The molecule has 106 valence electrons. The van der Waals surface area contributed by atoms with Gasteiger partial charge in [-0.1, -0.05) is 6.42 Å². The van der Waals surface area contributed by atoms with Crippen LogP contribution >= 0.6 is 15.9 Å². The number of aromatic nitrogens is 2. The molecule has 1 aromatic rings. The Balaban J connectivity index is 1.98. The maximum atomic E-state index is 11.7. The van der Waals surface area contributed by atoms with E-state index in [1.807, 2.05) is 0 Å². The standard InChI is InChI=1S/C12H18BrN3O2S/c1-19(17,18)16-7-3-2-4-11(16)6-5-10-8-15-12(13)9-14-10/h8-9,11H,2-7H2,1H3. The van der Waals surface area contributed by atoms with Gasteiger partial charge in [-0.2, -0.15) is 4.31 Å². The first-order valence-corrected chi connectivity index (χ1v) is 9.04. The first-order valence-electron chi connectivity index (χ1n) is 6.40. The monoisotopic (exact) mass is 347 g/mol. The summed E-state index contributed by atoms with van der Waals surface area (Å²) in [7, 11) is -3.10. The fraction of sp³-hybridized carbons (Fsp3) is 0.667. The molecule has 1 aliphatic heterocycles. The van der Waals surface area contributed by atoms with E-state index in [9.17, 15) is 8.42 Å². The van der Waals surface area contributed by atoms with Crippen LogP contribution in [0.4, 0.5) is 0 Å². The molecule has 1 aromatic heterocycles. The highest BCUT2D eigenvalue weighted by Gasteiger charge is 2.28. The Hall–Kier alpha value is -0.530. The Kier molecular flexibility index (Phi) is 4.92. The molecule has 0 saturated carbocycles. The van der Waals surface area contributed by atoms with Gasteiger partial charge in [-0.3, -0.25) is 4.98 Å². The normalized spacial score (nSPS) is 21.5. The van der Waals surface area contributed by atoms with E-state index >= 15 is 0 Å². The summed E-state index contributed by atoms with van der Waals surface area (Å²) < 4.78 is 25.8. The molecule has 1 saturated heterocycles. The van der Waals surface area contributed by atoms with E-state index in [0.29, 0.717) is 11.1 Å². The van der Waals surface area contributed by atoms with E-state index in [0.717, 1.165) is 37.8 Å². The summed E-state index contributed by atoms with van der Waals surface area (Å²) in [5, 5.41) is 0. The zero-order valence-electron chi connectivity index (χ0n) is 10.9. The van der Waals surface area contributed by atoms with Crippen LogP contribution in [-0.2, 0) is 16.4 Å². The van der Waals surface area contributed by atoms with Crippen molar-refractivity contribution in [2.75, 3.05) is 12.8 Å². The lowest BCUT2D eigenvalue weighted by atomic mass is 10.00. The molecule has 0 bridgehead atoms. The summed E-state index contributed by atoms with van der Waals surface area (Å²) in [6.07, 6.45) is 9.27. The van der Waals surface area contributed by atoms with Crippen molar-refractivity contribution in [1.29, 1.82) is 0 Å². The Labute approximate surface area is 122 Å². The molecule has 2 heterocycles. The minimum Gasteiger partial charge on any atom is -0.257 e. The van der Waals surface area contributed by atoms with E-state index in [2.05, 4.69) is 25.9 Å². The fourth-order valence-corrected chi connectivity index (χ4v) is 3.90. The fourth-order valence-electron chi connectivity index (χ4n) is 2.48. The summed E-state index contributed by atoms with van der Waals surface area (Å²) in [5.41, 5.74) is 0.905. The second-order valence-electron chi connectivity index (χ2n) is 4.89. The van der Waals surface area contributed by atoms with Crippen LogP contribution in [0.1, 0.15) is 31.4 Å². The molecule has 1 unspecified atom stereocenters. The van der Waals surface area contributed by atoms with Gasteiger partial charge in [0.25, 0.3) is 0 Å². The van der Waals surface area contributed by atoms with Crippen LogP contribution in [0, 0.1) is 0 Å². The Morgan fingerprint density at radius 1 is 1.37 bits per heavy atom. The molecule has 0 N–H and O–H groups in total. The van der Waals surface area contributed by atoms with Crippen molar-refractivity contribution >= 4 is 26.0 Å². The van der Waals surface area contributed by atoms with Crippen molar-refractivity contribution in [1.82, 2.24) is 14.3 Å². The van der Waals surface area contributed by atoms with Gasteiger partial charge in [0, 0.05) is 18.8 Å². The largest absolute Gasteiger partial charge is 0.257 e. The van der Waals surface area contributed by atoms with Crippen molar-refractivity contribution in [2.24, 2.45) is 0 Å². The van der Waals surface area contributed by atoms with Gasteiger partial charge >= 0.3 is 0 Å². The van der Waals surface area contributed by atoms with E-state index in [4.69, 9.17) is 0 Å². The van der Waals surface area contributed by atoms with Gasteiger partial charge < -0.3 is 0 Å². The molecule has 0 aromatic carbocycles.